The van der Waals surface area contributed by atoms with E-state index in [1.54, 1.807) is 0 Å². The molecule has 0 N–H and O–H groups in total. The molecule has 0 aromatic rings. The van der Waals surface area contributed by atoms with Crippen LogP contribution in [0, 0.1) is 0 Å². The maximum Gasteiger partial charge on any atom is 0.152 e. The third kappa shape index (κ3) is 5.48. The second kappa shape index (κ2) is 7.24. The molecule has 0 fully saturated rings. The van der Waals surface area contributed by atoms with Gasteiger partial charge in [0, 0.05) is 3.58 Å². The summed E-state index contributed by atoms with van der Waals surface area (Å²) in [5.41, 5.74) is 0. The topological polar surface area (TPSA) is 0 Å². The molecule has 0 aromatic heterocycles. The Labute approximate surface area is 181 Å². The standard InChI is InChI=1S/C4I8/c5-1(2(6)7)3(8,9)4(10,11)12. The van der Waals surface area contributed by atoms with Gasteiger partial charge in [-0.05, 0) is 67.8 Å². The SMILES string of the molecule is IC(I)=C(I)C(I)(I)C(I)(I)I. The van der Waals surface area contributed by atoms with Crippen molar-refractivity contribution in [2.75, 3.05) is 0 Å². The number of hydrogen-bond donors (Lipinski definition) is 0. The molecule has 0 saturated carbocycles. The van der Waals surface area contributed by atoms with Crippen molar-refractivity contribution in [1.29, 1.82) is 0 Å². The Morgan fingerprint density at radius 1 is 0.750 bits per heavy atom. The second-order valence-corrected chi connectivity index (χ2v) is 23.3. The highest BCUT2D eigenvalue weighted by atomic mass is 127. The summed E-state index contributed by atoms with van der Waals surface area (Å²) >= 11 is 19.6. The van der Waals surface area contributed by atoms with E-state index in [1.807, 2.05) is 0 Å². The van der Waals surface area contributed by atoms with Gasteiger partial charge in [-0.3, -0.25) is 0 Å². The Hall–Kier alpha value is 5.58. The van der Waals surface area contributed by atoms with Crippen molar-refractivity contribution < 1.29 is 0 Å². The fourth-order valence-electron chi connectivity index (χ4n) is 0.243. The zero-order valence-corrected chi connectivity index (χ0v) is 22.3. The average Bonchev–Trinajstić information content (AvgIpc) is 1.83. The first-order valence-electron chi connectivity index (χ1n) is 2.26. The number of alkyl halides is 5. The second-order valence-electron chi connectivity index (χ2n) is 1.65. The molecule has 72 valence electrons. The van der Waals surface area contributed by atoms with Crippen LogP contribution in [0.3, 0.4) is 0 Å². The van der Waals surface area contributed by atoms with Gasteiger partial charge in [-0.2, -0.15) is 0 Å². The monoisotopic (exact) mass is 1060 g/mol. The molecule has 0 saturated heterocycles. The van der Waals surface area contributed by atoms with Gasteiger partial charge in [0.25, 0.3) is 0 Å². The van der Waals surface area contributed by atoms with E-state index in [4.69, 9.17) is 0 Å². The molecule has 0 spiro atoms. The summed E-state index contributed by atoms with van der Waals surface area (Å²) in [5, 5.41) is 0. The van der Waals surface area contributed by atoms with Gasteiger partial charge in [0.15, 0.2) is -0.565 Å². The van der Waals surface area contributed by atoms with Crippen LogP contribution in [0.15, 0.2) is 5.17 Å². The first-order chi connectivity index (χ1) is 5.10. The predicted molar refractivity (Wildman–Crippen MR) is 125 cm³/mol. The summed E-state index contributed by atoms with van der Waals surface area (Å²) in [6.07, 6.45) is 0. The third-order valence-corrected chi connectivity index (χ3v) is 18.7. The van der Waals surface area contributed by atoms with E-state index in [2.05, 4.69) is 181 Å². The van der Waals surface area contributed by atoms with Gasteiger partial charge >= 0.3 is 0 Å². The average molecular weight is 1060 g/mol. The van der Waals surface area contributed by atoms with Crippen LogP contribution in [-0.4, -0.2) is 0.864 Å². The van der Waals surface area contributed by atoms with Gasteiger partial charge in [0.05, 0.1) is 1.59 Å². The number of hydrogen-bond acceptors (Lipinski definition) is 0. The van der Waals surface area contributed by atoms with Crippen LogP contribution in [0.5, 0.6) is 0 Å². The smallest absolute Gasteiger partial charge is 0.0581 e. The van der Waals surface area contributed by atoms with Crippen molar-refractivity contribution >= 4 is 181 Å². The first kappa shape index (κ1) is 17.6. The van der Waals surface area contributed by atoms with E-state index < -0.39 is 0 Å². The minimum Gasteiger partial charge on any atom is -0.0581 e. The Balaban J connectivity index is 5.01. The molecule has 0 aliphatic carbocycles. The maximum atomic E-state index is 2.51. The molecule has 0 aromatic carbocycles. The summed E-state index contributed by atoms with van der Waals surface area (Å²) in [6.45, 7) is 0. The van der Waals surface area contributed by atoms with E-state index in [0.717, 1.165) is 0 Å². The van der Waals surface area contributed by atoms with Crippen molar-refractivity contribution in [3.63, 3.8) is 0 Å². The largest absolute Gasteiger partial charge is 0.152 e. The quantitative estimate of drug-likeness (QED) is 0.207. The number of halogens is 8. The summed E-state index contributed by atoms with van der Waals surface area (Å²) in [4.78, 5) is 0. The van der Waals surface area contributed by atoms with Crippen LogP contribution in [-0.2, 0) is 0 Å². The molecule has 0 unspecified atom stereocenters. The molecule has 8 heteroatoms. The van der Waals surface area contributed by atoms with Crippen molar-refractivity contribution in [2.45, 2.75) is 0.864 Å². The molecule has 0 rings (SSSR count). The van der Waals surface area contributed by atoms with Gasteiger partial charge in [-0.1, -0.05) is 113 Å². The maximum absolute atomic E-state index is 2.51. The van der Waals surface area contributed by atoms with E-state index in [-0.39, 0.29) is 0.864 Å². The molecule has 0 nitrogen and oxygen atoms in total. The van der Waals surface area contributed by atoms with Crippen molar-refractivity contribution in [2.24, 2.45) is 0 Å². The number of rotatable bonds is 2. The summed E-state index contributed by atoms with van der Waals surface area (Å²) in [7, 11) is 0. The van der Waals surface area contributed by atoms with Crippen molar-refractivity contribution in [1.82, 2.24) is 0 Å². The Kier molecular flexibility index (Phi) is 10.6. The lowest BCUT2D eigenvalue weighted by atomic mass is 10.5. The van der Waals surface area contributed by atoms with Crippen molar-refractivity contribution in [3.05, 3.63) is 5.17 Å². The Morgan fingerprint density at radius 3 is 1.17 bits per heavy atom. The van der Waals surface area contributed by atoms with Gasteiger partial charge in [0.2, 0.25) is 0 Å². The Bertz CT molecular complexity index is 194. The van der Waals surface area contributed by atoms with Gasteiger partial charge in [-0.15, -0.1) is 0 Å². The highest BCUT2D eigenvalue weighted by molar-refractivity contribution is 14.3. The van der Waals surface area contributed by atoms with E-state index in [0.29, 0.717) is 0 Å². The molecule has 0 aliphatic rings. The fraction of sp³-hybridized carbons (Fsp3) is 0.500. The zero-order chi connectivity index (χ0) is 10.2. The lowest BCUT2D eigenvalue weighted by Crippen LogP contribution is -2.27. The van der Waals surface area contributed by atoms with Gasteiger partial charge in [-0.25, -0.2) is 0 Å². The number of allylic oxidation sites excluding steroid dienone is 1. The third-order valence-electron chi connectivity index (χ3n) is 0.798. The van der Waals surface area contributed by atoms with E-state index in [9.17, 15) is 0 Å². The van der Waals surface area contributed by atoms with Crippen molar-refractivity contribution in [3.8, 4) is 0 Å². The minimum absolute atomic E-state index is 0.169. The summed E-state index contributed by atoms with van der Waals surface area (Å²) < 4.78 is 3.15. The summed E-state index contributed by atoms with van der Waals surface area (Å²) in [5.74, 6) is 0. The van der Waals surface area contributed by atoms with Crippen LogP contribution in [0.1, 0.15) is 0 Å². The normalized spacial score (nSPS) is 13.0. The lowest BCUT2D eigenvalue weighted by molar-refractivity contribution is 1.26. The molecule has 0 amide bonds. The van der Waals surface area contributed by atoms with Gasteiger partial charge in [0.1, 0.15) is 1.43 Å². The highest BCUT2D eigenvalue weighted by Gasteiger charge is 2.45. The fourth-order valence-corrected chi connectivity index (χ4v) is 6.42. The molecule has 0 heterocycles. The molecule has 12 heavy (non-hydrogen) atoms. The van der Waals surface area contributed by atoms with E-state index in [1.165, 1.54) is 5.17 Å². The minimum atomic E-state index is 0.169. The highest BCUT2D eigenvalue weighted by Crippen LogP contribution is 2.60. The molecule has 0 radical (unpaired) electrons. The van der Waals surface area contributed by atoms with Crippen LogP contribution >= 0.6 is 181 Å². The molecular weight excluding hydrogens is 1060 g/mol. The molecular formula is C4I8. The summed E-state index contributed by atoms with van der Waals surface area (Å²) in [6, 6.07) is 0. The van der Waals surface area contributed by atoms with Crippen LogP contribution in [0.4, 0.5) is 0 Å². The predicted octanol–water partition coefficient (Wildman–Crippen LogP) is 6.99. The van der Waals surface area contributed by atoms with E-state index >= 15 is 0 Å². The first-order valence-corrected chi connectivity index (χ1v) is 10.9. The molecule has 0 bridgehead atoms. The van der Waals surface area contributed by atoms with Gasteiger partial charge < -0.3 is 0 Å². The zero-order valence-electron chi connectivity index (χ0n) is 5.02. The van der Waals surface area contributed by atoms with Crippen LogP contribution in [0.2, 0.25) is 0 Å². The lowest BCUT2D eigenvalue weighted by Gasteiger charge is -2.30. The van der Waals surface area contributed by atoms with Crippen LogP contribution < -0.4 is 0 Å². The Morgan fingerprint density at radius 2 is 1.08 bits per heavy atom. The molecule has 0 atom stereocenters. The van der Waals surface area contributed by atoms with Crippen LogP contribution in [0.25, 0.3) is 0 Å². The molecule has 0 aliphatic heterocycles.